The van der Waals surface area contributed by atoms with Gasteiger partial charge in [-0.2, -0.15) is 0 Å². The SMILES string of the molecule is C(=Nc1ccc(C23CC4CC(CC(C4)C2)C3)cc1)c1ccncc1. The van der Waals surface area contributed by atoms with Gasteiger partial charge in [0.2, 0.25) is 0 Å². The van der Waals surface area contributed by atoms with Gasteiger partial charge in [-0.3, -0.25) is 9.98 Å². The van der Waals surface area contributed by atoms with E-state index in [9.17, 15) is 0 Å². The van der Waals surface area contributed by atoms with Crippen LogP contribution in [0.25, 0.3) is 0 Å². The van der Waals surface area contributed by atoms with Gasteiger partial charge in [-0.1, -0.05) is 12.1 Å². The molecule has 0 radical (unpaired) electrons. The molecule has 0 spiro atoms. The molecule has 1 aromatic carbocycles. The Hall–Kier alpha value is -1.96. The van der Waals surface area contributed by atoms with Crippen LogP contribution in [0.1, 0.15) is 49.7 Å². The van der Waals surface area contributed by atoms with Crippen molar-refractivity contribution in [3.05, 3.63) is 59.9 Å². The van der Waals surface area contributed by atoms with Crippen LogP contribution in [0, 0.1) is 17.8 Å². The first-order chi connectivity index (χ1) is 11.8. The second-order valence-electron chi connectivity index (χ2n) is 8.28. The van der Waals surface area contributed by atoms with Crippen molar-refractivity contribution in [3.63, 3.8) is 0 Å². The third kappa shape index (κ3) is 2.49. The van der Waals surface area contributed by atoms with Crippen LogP contribution in [-0.2, 0) is 5.41 Å². The van der Waals surface area contributed by atoms with E-state index in [1.165, 1.54) is 38.5 Å². The Morgan fingerprint density at radius 1 is 0.833 bits per heavy atom. The van der Waals surface area contributed by atoms with Crippen molar-refractivity contribution in [3.8, 4) is 0 Å². The van der Waals surface area contributed by atoms with Crippen molar-refractivity contribution in [2.75, 3.05) is 0 Å². The highest BCUT2D eigenvalue weighted by atomic mass is 14.7. The molecule has 122 valence electrons. The molecule has 0 amide bonds. The first-order valence-corrected chi connectivity index (χ1v) is 9.34. The van der Waals surface area contributed by atoms with Crippen molar-refractivity contribution < 1.29 is 0 Å². The van der Waals surface area contributed by atoms with E-state index in [0.717, 1.165) is 29.0 Å². The molecule has 2 nitrogen and oxygen atoms in total. The molecule has 0 atom stereocenters. The van der Waals surface area contributed by atoms with Crippen LogP contribution in [0.15, 0.2) is 53.8 Å². The summed E-state index contributed by atoms with van der Waals surface area (Å²) in [7, 11) is 0. The highest BCUT2D eigenvalue weighted by molar-refractivity contribution is 5.81. The van der Waals surface area contributed by atoms with E-state index in [1.807, 2.05) is 18.3 Å². The summed E-state index contributed by atoms with van der Waals surface area (Å²) in [5.41, 5.74) is 4.20. The Labute approximate surface area is 144 Å². The molecule has 1 heterocycles. The van der Waals surface area contributed by atoms with Crippen LogP contribution in [0.4, 0.5) is 5.69 Å². The lowest BCUT2D eigenvalue weighted by atomic mass is 9.48. The van der Waals surface area contributed by atoms with Crippen molar-refractivity contribution in [1.29, 1.82) is 0 Å². The summed E-state index contributed by atoms with van der Waals surface area (Å²) in [6, 6.07) is 13.1. The Morgan fingerprint density at radius 2 is 1.42 bits per heavy atom. The Morgan fingerprint density at radius 3 is 2.00 bits per heavy atom. The monoisotopic (exact) mass is 316 g/mol. The van der Waals surface area contributed by atoms with Crippen LogP contribution >= 0.6 is 0 Å². The zero-order valence-electron chi connectivity index (χ0n) is 14.1. The molecule has 0 saturated heterocycles. The van der Waals surface area contributed by atoms with E-state index in [2.05, 4.69) is 34.2 Å². The summed E-state index contributed by atoms with van der Waals surface area (Å²) < 4.78 is 0. The number of benzene rings is 1. The minimum atomic E-state index is 0.488. The van der Waals surface area contributed by atoms with Crippen molar-refractivity contribution in [2.24, 2.45) is 22.7 Å². The van der Waals surface area contributed by atoms with Crippen LogP contribution in [-0.4, -0.2) is 11.2 Å². The Bertz CT molecular complexity index is 710. The van der Waals surface area contributed by atoms with E-state index < -0.39 is 0 Å². The maximum absolute atomic E-state index is 4.61. The van der Waals surface area contributed by atoms with Crippen LogP contribution in [0.5, 0.6) is 0 Å². The van der Waals surface area contributed by atoms with Crippen molar-refractivity contribution >= 4 is 11.9 Å². The van der Waals surface area contributed by atoms with Gasteiger partial charge >= 0.3 is 0 Å². The van der Waals surface area contributed by atoms with E-state index in [1.54, 1.807) is 18.0 Å². The number of aromatic nitrogens is 1. The molecule has 4 fully saturated rings. The highest BCUT2D eigenvalue weighted by Crippen LogP contribution is 2.60. The number of nitrogens with zero attached hydrogens (tertiary/aromatic N) is 2. The van der Waals surface area contributed by atoms with Crippen LogP contribution < -0.4 is 0 Å². The first kappa shape index (κ1) is 14.4. The lowest BCUT2D eigenvalue weighted by molar-refractivity contribution is -0.00518. The van der Waals surface area contributed by atoms with Gasteiger partial charge < -0.3 is 0 Å². The number of pyridine rings is 1. The summed E-state index contributed by atoms with van der Waals surface area (Å²) in [6.07, 6.45) is 14.3. The topological polar surface area (TPSA) is 25.2 Å². The summed E-state index contributed by atoms with van der Waals surface area (Å²) >= 11 is 0. The van der Waals surface area contributed by atoms with Crippen molar-refractivity contribution in [2.45, 2.75) is 43.9 Å². The minimum absolute atomic E-state index is 0.488. The predicted octanol–water partition coefficient (Wildman–Crippen LogP) is 5.30. The largest absolute Gasteiger partial charge is 0.265 e. The number of rotatable bonds is 3. The van der Waals surface area contributed by atoms with E-state index in [-0.39, 0.29) is 0 Å². The Balaban J connectivity index is 1.38. The molecule has 4 bridgehead atoms. The average Bonchev–Trinajstić information content (AvgIpc) is 2.60. The highest BCUT2D eigenvalue weighted by Gasteiger charge is 2.51. The normalized spacial score (nSPS) is 34.1. The average molecular weight is 316 g/mol. The minimum Gasteiger partial charge on any atom is -0.265 e. The third-order valence-electron chi connectivity index (χ3n) is 6.59. The maximum Gasteiger partial charge on any atom is 0.0630 e. The quantitative estimate of drug-likeness (QED) is 0.705. The lowest BCUT2D eigenvalue weighted by Gasteiger charge is -2.57. The molecule has 4 aliphatic carbocycles. The second kappa shape index (κ2) is 5.54. The summed E-state index contributed by atoms with van der Waals surface area (Å²) in [6.45, 7) is 0. The van der Waals surface area contributed by atoms with Crippen LogP contribution in [0.2, 0.25) is 0 Å². The van der Waals surface area contributed by atoms with Gasteiger partial charge in [-0.25, -0.2) is 0 Å². The van der Waals surface area contributed by atoms with Gasteiger partial charge in [0.1, 0.15) is 0 Å². The van der Waals surface area contributed by atoms with E-state index in [0.29, 0.717) is 5.41 Å². The third-order valence-corrected chi connectivity index (χ3v) is 6.59. The van der Waals surface area contributed by atoms with E-state index >= 15 is 0 Å². The van der Waals surface area contributed by atoms with Gasteiger partial charge in [0.05, 0.1) is 5.69 Å². The molecule has 4 saturated carbocycles. The van der Waals surface area contributed by atoms with Gasteiger partial charge in [0.15, 0.2) is 0 Å². The molecule has 4 aliphatic rings. The zero-order chi connectivity index (χ0) is 16.0. The molecule has 2 aromatic rings. The fraction of sp³-hybridized carbons (Fsp3) is 0.455. The smallest absolute Gasteiger partial charge is 0.0630 e. The fourth-order valence-corrected chi connectivity index (χ4v) is 5.96. The standard InChI is InChI=1S/C22H24N2/c1-3-21(24-15-16-5-7-23-8-6-16)4-2-20(1)22-12-17-9-18(13-22)11-19(10-17)14-22/h1-8,15,17-19H,9-14H2. The molecular formula is C22H24N2. The molecule has 0 N–H and O–H groups in total. The number of hydrogen-bond acceptors (Lipinski definition) is 2. The molecule has 0 unspecified atom stereocenters. The Kier molecular flexibility index (Phi) is 3.32. The van der Waals surface area contributed by atoms with Crippen molar-refractivity contribution in [1.82, 2.24) is 4.98 Å². The first-order valence-electron chi connectivity index (χ1n) is 9.34. The predicted molar refractivity (Wildman–Crippen MR) is 97.8 cm³/mol. The van der Waals surface area contributed by atoms with Gasteiger partial charge in [-0.05, 0) is 97.1 Å². The van der Waals surface area contributed by atoms with Gasteiger partial charge in [0, 0.05) is 18.6 Å². The molecular weight excluding hydrogens is 292 g/mol. The lowest BCUT2D eigenvalue weighted by Crippen LogP contribution is -2.48. The number of hydrogen-bond donors (Lipinski definition) is 0. The molecule has 1 aromatic heterocycles. The molecule has 6 rings (SSSR count). The van der Waals surface area contributed by atoms with Gasteiger partial charge in [0.25, 0.3) is 0 Å². The zero-order valence-corrected chi connectivity index (χ0v) is 14.1. The second-order valence-corrected chi connectivity index (χ2v) is 8.28. The van der Waals surface area contributed by atoms with Crippen LogP contribution in [0.3, 0.4) is 0 Å². The molecule has 24 heavy (non-hydrogen) atoms. The fourth-order valence-electron chi connectivity index (χ4n) is 5.96. The van der Waals surface area contributed by atoms with Gasteiger partial charge in [-0.15, -0.1) is 0 Å². The number of aliphatic imine (C=N–C) groups is 1. The molecule has 2 heteroatoms. The molecule has 0 aliphatic heterocycles. The summed E-state index contributed by atoms with van der Waals surface area (Å²) in [5, 5.41) is 0. The maximum atomic E-state index is 4.61. The summed E-state index contributed by atoms with van der Waals surface area (Å²) in [5.74, 6) is 3.00. The summed E-state index contributed by atoms with van der Waals surface area (Å²) in [4.78, 5) is 8.65. The van der Waals surface area contributed by atoms with E-state index in [4.69, 9.17) is 0 Å².